The summed E-state index contributed by atoms with van der Waals surface area (Å²) in [5.41, 5.74) is -0.0750. The third-order valence-electron chi connectivity index (χ3n) is 3.84. The summed E-state index contributed by atoms with van der Waals surface area (Å²) in [4.78, 5) is 17.1. The fourth-order valence-electron chi connectivity index (χ4n) is 2.98. The Morgan fingerprint density at radius 2 is 2.00 bits per heavy atom. The molecule has 0 radical (unpaired) electrons. The van der Waals surface area contributed by atoms with E-state index in [1.807, 2.05) is 20.8 Å². The Labute approximate surface area is 126 Å². The molecule has 1 saturated carbocycles. The molecule has 0 amide bonds. The third kappa shape index (κ3) is 3.82. The van der Waals surface area contributed by atoms with Crippen molar-refractivity contribution in [2.75, 3.05) is 6.61 Å². The van der Waals surface area contributed by atoms with Gasteiger partial charge in [0.15, 0.2) is 5.78 Å². The highest BCUT2D eigenvalue weighted by Gasteiger charge is 2.40. The molecule has 1 aromatic rings. The van der Waals surface area contributed by atoms with Crippen LogP contribution in [0.4, 0.5) is 0 Å². The summed E-state index contributed by atoms with van der Waals surface area (Å²) >= 11 is 0. The first-order chi connectivity index (χ1) is 10.1. The lowest BCUT2D eigenvalue weighted by Crippen LogP contribution is -2.43. The lowest BCUT2D eigenvalue weighted by Gasteiger charge is -2.35. The van der Waals surface area contributed by atoms with Crippen LogP contribution in [0.5, 0.6) is 5.75 Å². The van der Waals surface area contributed by atoms with E-state index in [9.17, 15) is 4.79 Å². The van der Waals surface area contributed by atoms with Gasteiger partial charge in [0.1, 0.15) is 11.4 Å². The minimum atomic E-state index is -0.662. The highest BCUT2D eigenvalue weighted by atomic mass is 16.5. The number of rotatable bonds is 6. The largest absolute Gasteiger partial charge is 0.489 e. The van der Waals surface area contributed by atoms with E-state index >= 15 is 0 Å². The van der Waals surface area contributed by atoms with Gasteiger partial charge < -0.3 is 9.47 Å². The van der Waals surface area contributed by atoms with Crippen molar-refractivity contribution >= 4 is 5.78 Å². The molecule has 2 rings (SSSR count). The van der Waals surface area contributed by atoms with Crippen molar-refractivity contribution in [1.82, 2.24) is 4.98 Å². The summed E-state index contributed by atoms with van der Waals surface area (Å²) in [6.07, 6.45) is 8.19. The van der Waals surface area contributed by atoms with Crippen LogP contribution in [0.25, 0.3) is 0 Å². The third-order valence-corrected chi connectivity index (χ3v) is 3.84. The fourth-order valence-corrected chi connectivity index (χ4v) is 2.98. The monoisotopic (exact) mass is 291 g/mol. The van der Waals surface area contributed by atoms with Crippen molar-refractivity contribution in [1.29, 1.82) is 0 Å². The molecule has 0 aromatic carbocycles. The van der Waals surface area contributed by atoms with E-state index in [-0.39, 0.29) is 11.9 Å². The highest BCUT2D eigenvalue weighted by molar-refractivity contribution is 6.02. The Balaban J connectivity index is 2.24. The zero-order valence-corrected chi connectivity index (χ0v) is 13.2. The minimum Gasteiger partial charge on any atom is -0.489 e. The number of ether oxygens (including phenoxy) is 2. The number of aromatic nitrogens is 1. The van der Waals surface area contributed by atoms with Crippen LogP contribution < -0.4 is 4.74 Å². The van der Waals surface area contributed by atoms with Crippen molar-refractivity contribution in [3.8, 4) is 5.75 Å². The van der Waals surface area contributed by atoms with Gasteiger partial charge in [-0.3, -0.25) is 9.78 Å². The van der Waals surface area contributed by atoms with Gasteiger partial charge in [-0.05, 0) is 39.7 Å². The SMILES string of the molecule is CCOC1(C(=O)c2cncc(OC(C)C)c2)CCCCC1. The van der Waals surface area contributed by atoms with Crippen LogP contribution in [0.1, 0.15) is 63.2 Å². The Kier molecular flexibility index (Phi) is 5.34. The number of pyridine rings is 1. The summed E-state index contributed by atoms with van der Waals surface area (Å²) in [5, 5.41) is 0. The average Bonchev–Trinajstić information content (AvgIpc) is 2.47. The zero-order chi connectivity index (χ0) is 15.3. The van der Waals surface area contributed by atoms with Gasteiger partial charge in [0.2, 0.25) is 0 Å². The molecule has 4 heteroatoms. The molecule has 1 fully saturated rings. The van der Waals surface area contributed by atoms with E-state index in [0.29, 0.717) is 17.9 Å². The molecule has 0 atom stereocenters. The van der Waals surface area contributed by atoms with Gasteiger partial charge in [-0.2, -0.15) is 0 Å². The summed E-state index contributed by atoms with van der Waals surface area (Å²) < 4.78 is 11.5. The Hall–Kier alpha value is -1.42. The van der Waals surface area contributed by atoms with Crippen molar-refractivity contribution < 1.29 is 14.3 Å². The molecule has 1 heterocycles. The number of ketones is 1. The van der Waals surface area contributed by atoms with Crippen molar-refractivity contribution in [2.24, 2.45) is 0 Å². The van der Waals surface area contributed by atoms with Crippen LogP contribution in [0, 0.1) is 0 Å². The van der Waals surface area contributed by atoms with Crippen LogP contribution in [-0.2, 0) is 4.74 Å². The summed E-state index contributed by atoms with van der Waals surface area (Å²) in [6, 6.07) is 1.78. The maximum absolute atomic E-state index is 12.9. The maximum atomic E-state index is 12.9. The van der Waals surface area contributed by atoms with Gasteiger partial charge in [0, 0.05) is 18.4 Å². The zero-order valence-electron chi connectivity index (χ0n) is 13.2. The number of nitrogens with zero attached hydrogens (tertiary/aromatic N) is 1. The second kappa shape index (κ2) is 7.03. The van der Waals surface area contributed by atoms with E-state index < -0.39 is 5.60 Å². The molecule has 0 spiro atoms. The summed E-state index contributed by atoms with van der Waals surface area (Å²) in [7, 11) is 0. The summed E-state index contributed by atoms with van der Waals surface area (Å²) in [6.45, 7) is 6.41. The van der Waals surface area contributed by atoms with Crippen molar-refractivity contribution in [3.05, 3.63) is 24.0 Å². The Morgan fingerprint density at radius 1 is 1.29 bits per heavy atom. The van der Waals surface area contributed by atoms with Gasteiger partial charge in [-0.15, -0.1) is 0 Å². The van der Waals surface area contributed by atoms with E-state index in [1.54, 1.807) is 18.5 Å². The van der Waals surface area contributed by atoms with E-state index in [0.717, 1.165) is 25.7 Å². The standard InChI is InChI=1S/C17H25NO3/c1-4-20-17(8-6-5-7-9-17)16(19)14-10-15(12-18-11-14)21-13(2)3/h10-13H,4-9H2,1-3H3. The predicted octanol–water partition coefficient (Wildman–Crippen LogP) is 3.79. The number of carbonyl (C=O) groups excluding carboxylic acids is 1. The van der Waals surface area contributed by atoms with Crippen molar-refractivity contribution in [2.45, 2.75) is 64.6 Å². The first kappa shape index (κ1) is 16.0. The van der Waals surface area contributed by atoms with Crippen LogP contribution in [-0.4, -0.2) is 29.1 Å². The quantitative estimate of drug-likeness (QED) is 0.748. The molecule has 21 heavy (non-hydrogen) atoms. The van der Waals surface area contributed by atoms with E-state index in [4.69, 9.17) is 9.47 Å². The molecule has 0 bridgehead atoms. The second-order valence-electron chi connectivity index (χ2n) is 5.89. The van der Waals surface area contributed by atoms with Crippen LogP contribution in [0.15, 0.2) is 18.5 Å². The number of hydrogen-bond acceptors (Lipinski definition) is 4. The second-order valence-corrected chi connectivity index (χ2v) is 5.89. The van der Waals surface area contributed by atoms with Gasteiger partial charge in [-0.25, -0.2) is 0 Å². The Morgan fingerprint density at radius 3 is 2.62 bits per heavy atom. The lowest BCUT2D eigenvalue weighted by atomic mass is 9.79. The molecule has 1 aromatic heterocycles. The highest BCUT2D eigenvalue weighted by Crippen LogP contribution is 2.35. The van der Waals surface area contributed by atoms with Gasteiger partial charge in [0.05, 0.1) is 12.3 Å². The molecule has 0 unspecified atom stereocenters. The van der Waals surface area contributed by atoms with Crippen LogP contribution in [0.2, 0.25) is 0 Å². The molecular formula is C17H25NO3. The molecule has 1 aliphatic rings. The smallest absolute Gasteiger partial charge is 0.196 e. The first-order valence-electron chi connectivity index (χ1n) is 7.88. The van der Waals surface area contributed by atoms with Crippen LogP contribution >= 0.6 is 0 Å². The van der Waals surface area contributed by atoms with Gasteiger partial charge >= 0.3 is 0 Å². The minimum absolute atomic E-state index is 0.0470. The first-order valence-corrected chi connectivity index (χ1v) is 7.88. The molecule has 4 nitrogen and oxygen atoms in total. The summed E-state index contributed by atoms with van der Waals surface area (Å²) in [5.74, 6) is 0.684. The predicted molar refractivity (Wildman–Crippen MR) is 81.8 cm³/mol. The number of Topliss-reactive ketones (excluding diaryl/α,β-unsaturated/α-hetero) is 1. The number of carbonyl (C=O) groups is 1. The average molecular weight is 291 g/mol. The molecule has 0 N–H and O–H groups in total. The van der Waals surface area contributed by atoms with Gasteiger partial charge in [-0.1, -0.05) is 19.3 Å². The van der Waals surface area contributed by atoms with E-state index in [1.165, 1.54) is 6.42 Å². The fraction of sp³-hybridized carbons (Fsp3) is 0.647. The molecule has 1 aliphatic carbocycles. The topological polar surface area (TPSA) is 48.4 Å². The van der Waals surface area contributed by atoms with Crippen molar-refractivity contribution in [3.63, 3.8) is 0 Å². The maximum Gasteiger partial charge on any atom is 0.196 e. The molecule has 0 saturated heterocycles. The lowest BCUT2D eigenvalue weighted by molar-refractivity contribution is -0.0411. The molecule has 0 aliphatic heterocycles. The van der Waals surface area contributed by atoms with Crippen LogP contribution in [0.3, 0.4) is 0 Å². The normalized spacial score (nSPS) is 17.7. The molecule has 116 valence electrons. The molecular weight excluding hydrogens is 266 g/mol. The van der Waals surface area contributed by atoms with E-state index in [2.05, 4.69) is 4.98 Å². The number of hydrogen-bond donors (Lipinski definition) is 0. The van der Waals surface area contributed by atoms with Gasteiger partial charge in [0.25, 0.3) is 0 Å². The Bertz CT molecular complexity index is 473.